The van der Waals surface area contributed by atoms with E-state index in [4.69, 9.17) is 26.5 Å². The molecule has 3 rings (SSSR count). The molecule has 5 N–H and O–H groups in total. The number of rotatable bonds is 13. The Labute approximate surface area is 230 Å². The van der Waals surface area contributed by atoms with Gasteiger partial charge in [-0.1, -0.05) is 58.4 Å². The van der Waals surface area contributed by atoms with E-state index >= 15 is 0 Å². The Bertz CT molecular complexity index is 1160. The van der Waals surface area contributed by atoms with E-state index in [9.17, 15) is 5.11 Å². The maximum Gasteiger partial charge on any atom is 0.137 e. The third-order valence-corrected chi connectivity index (χ3v) is 7.27. The summed E-state index contributed by atoms with van der Waals surface area (Å²) in [5.41, 5.74) is 11.7. The maximum atomic E-state index is 10.00. The average molecular weight is 543 g/mol. The van der Waals surface area contributed by atoms with E-state index in [0.29, 0.717) is 23.2 Å². The van der Waals surface area contributed by atoms with Gasteiger partial charge in [0.15, 0.2) is 0 Å². The average Bonchev–Trinajstić information content (AvgIpc) is 2.89. The van der Waals surface area contributed by atoms with Crippen molar-refractivity contribution >= 4 is 40.7 Å². The second kappa shape index (κ2) is 13.3. The molecule has 2 atom stereocenters. The van der Waals surface area contributed by atoms with Gasteiger partial charge >= 0.3 is 0 Å². The van der Waals surface area contributed by atoms with Crippen molar-refractivity contribution in [1.82, 2.24) is 4.98 Å². The number of aromatic nitrogens is 1. The molecular weight excluding hydrogens is 504 g/mol. The number of aliphatic hydroxyl groups is 1. The molecule has 0 bridgehead atoms. The Morgan fingerprint density at radius 3 is 2.49 bits per heavy atom. The number of nitrogen functional groups attached to an aromatic ring is 1. The largest absolute Gasteiger partial charge is 0.426 e. The highest BCUT2D eigenvalue weighted by Gasteiger charge is 2.27. The summed E-state index contributed by atoms with van der Waals surface area (Å²) in [5.74, 6) is 2.04. The van der Waals surface area contributed by atoms with Gasteiger partial charge in [0.05, 0.1) is 46.8 Å². The first-order valence-corrected chi connectivity index (χ1v) is 14.0. The van der Waals surface area contributed by atoms with Gasteiger partial charge in [0.1, 0.15) is 5.75 Å². The molecule has 200 valence electrons. The highest BCUT2D eigenvalue weighted by atomic mass is 35.5. The van der Waals surface area contributed by atoms with Crippen LogP contribution in [0, 0.1) is 0 Å². The quantitative estimate of drug-likeness (QED) is 0.132. The number of benzene rings is 2. The minimum absolute atomic E-state index is 0.0510. The number of halogens is 1. The lowest BCUT2D eigenvalue weighted by atomic mass is 9.82. The summed E-state index contributed by atoms with van der Waals surface area (Å²) in [4.78, 5) is 4.71. The van der Waals surface area contributed by atoms with Crippen LogP contribution in [-0.2, 0) is 5.41 Å². The number of anilines is 3. The smallest absolute Gasteiger partial charge is 0.137 e. The van der Waals surface area contributed by atoms with Crippen LogP contribution >= 0.6 is 23.6 Å². The molecule has 1 heterocycles. The molecule has 0 saturated heterocycles. The van der Waals surface area contributed by atoms with Gasteiger partial charge in [-0.2, -0.15) is 0 Å². The third kappa shape index (κ3) is 7.69. The Morgan fingerprint density at radius 1 is 1.14 bits per heavy atom. The van der Waals surface area contributed by atoms with Crippen LogP contribution in [0.2, 0.25) is 5.02 Å². The molecule has 0 saturated carbocycles. The highest BCUT2D eigenvalue weighted by molar-refractivity contribution is 7.94. The molecule has 0 radical (unpaired) electrons. The van der Waals surface area contributed by atoms with Gasteiger partial charge in [0, 0.05) is 29.6 Å². The molecule has 0 fully saturated rings. The summed E-state index contributed by atoms with van der Waals surface area (Å²) in [5, 5.41) is 17.5. The minimum atomic E-state index is -0.264. The van der Waals surface area contributed by atoms with Crippen LogP contribution in [0.25, 0.3) is 0 Å². The topological polar surface area (TPSA) is 92.4 Å². The minimum Gasteiger partial charge on any atom is -0.426 e. The Hall–Kier alpha value is -2.61. The summed E-state index contributed by atoms with van der Waals surface area (Å²) in [6.07, 6.45) is 2.74. The predicted octanol–water partition coefficient (Wildman–Crippen LogP) is 7.41. The normalized spacial score (nSPS) is 13.2. The van der Waals surface area contributed by atoms with Crippen LogP contribution in [0.5, 0.6) is 5.75 Å². The van der Waals surface area contributed by atoms with Gasteiger partial charge < -0.3 is 25.7 Å². The predicted molar refractivity (Wildman–Crippen MR) is 159 cm³/mol. The van der Waals surface area contributed by atoms with Gasteiger partial charge in [-0.05, 0) is 59.9 Å². The van der Waals surface area contributed by atoms with Gasteiger partial charge in [-0.25, -0.2) is 0 Å². The number of nitrogens with zero attached hydrogens (tertiary/aromatic N) is 1. The maximum absolute atomic E-state index is 10.00. The molecule has 0 spiro atoms. The van der Waals surface area contributed by atoms with Crippen LogP contribution in [-0.4, -0.2) is 29.0 Å². The Morgan fingerprint density at radius 2 is 1.86 bits per heavy atom. The molecule has 0 amide bonds. The molecule has 2 unspecified atom stereocenters. The molecule has 6 nitrogen and oxygen atoms in total. The number of pyridine rings is 1. The van der Waals surface area contributed by atoms with E-state index < -0.39 is 0 Å². The van der Waals surface area contributed by atoms with Gasteiger partial charge in [0.25, 0.3) is 0 Å². The van der Waals surface area contributed by atoms with Crippen molar-refractivity contribution in [1.29, 1.82) is 0 Å². The van der Waals surface area contributed by atoms with E-state index in [2.05, 4.69) is 38.3 Å². The van der Waals surface area contributed by atoms with Crippen LogP contribution in [0.4, 0.5) is 17.1 Å². The van der Waals surface area contributed by atoms with Gasteiger partial charge in [-0.3, -0.25) is 4.98 Å². The first-order chi connectivity index (χ1) is 17.7. The van der Waals surface area contributed by atoms with E-state index in [1.54, 1.807) is 6.20 Å². The Balaban J connectivity index is 1.69. The van der Waals surface area contributed by atoms with Crippen molar-refractivity contribution in [2.24, 2.45) is 0 Å². The lowest BCUT2D eigenvalue weighted by molar-refractivity contribution is 0.276. The second-order valence-electron chi connectivity index (χ2n) is 9.88. The van der Waals surface area contributed by atoms with Crippen molar-refractivity contribution in [3.05, 3.63) is 76.6 Å². The van der Waals surface area contributed by atoms with Crippen molar-refractivity contribution in [2.45, 2.75) is 58.4 Å². The number of aliphatic hydroxyl groups excluding tert-OH is 1. The van der Waals surface area contributed by atoms with Crippen molar-refractivity contribution in [3.63, 3.8) is 0 Å². The van der Waals surface area contributed by atoms with E-state index in [1.807, 2.05) is 55.5 Å². The Kier molecular flexibility index (Phi) is 10.4. The van der Waals surface area contributed by atoms with Crippen LogP contribution in [0.15, 0.2) is 54.7 Å². The third-order valence-electron chi connectivity index (χ3n) is 6.52. The fraction of sp³-hybridized carbons (Fsp3) is 0.414. The molecule has 0 aliphatic rings. The molecular formula is C29H39ClN4O2S. The molecule has 8 heteroatoms. The van der Waals surface area contributed by atoms with Crippen molar-refractivity contribution < 1.29 is 9.29 Å². The zero-order valence-corrected chi connectivity index (χ0v) is 23.9. The van der Waals surface area contributed by atoms with E-state index in [1.165, 1.54) is 17.6 Å². The van der Waals surface area contributed by atoms with Crippen LogP contribution in [0.3, 0.4) is 0 Å². The first-order valence-electron chi connectivity index (χ1n) is 12.7. The van der Waals surface area contributed by atoms with Gasteiger partial charge in [-0.15, -0.1) is 0 Å². The SMILES string of the molecule is CCSOc1ccc(C(CO)Nc2ccc(NCC(C)(C)c3ncc(Cl)cc3C(C)CC)c(N)c2)cc1. The first kappa shape index (κ1) is 29.0. The highest BCUT2D eigenvalue weighted by Crippen LogP contribution is 2.34. The number of nitrogens with two attached hydrogens (primary N) is 1. The summed E-state index contributed by atoms with van der Waals surface area (Å²) in [7, 11) is 0. The molecule has 0 aliphatic heterocycles. The van der Waals surface area contributed by atoms with Crippen molar-refractivity contribution in [3.8, 4) is 5.75 Å². The molecule has 37 heavy (non-hydrogen) atoms. The lowest BCUT2D eigenvalue weighted by Gasteiger charge is -2.29. The number of nitrogens with one attached hydrogen (secondary N) is 2. The molecule has 0 aliphatic carbocycles. The molecule has 1 aromatic heterocycles. The van der Waals surface area contributed by atoms with Crippen molar-refractivity contribution in [2.75, 3.05) is 35.3 Å². The standard InChI is InChI=1S/C29H39ClN4O2S/c1-6-19(3)24-14-21(30)16-32-28(24)29(4,5)18-33-26-13-10-22(15-25(26)31)34-27(17-35)20-8-11-23(12-9-20)36-37-7-2/h8-16,19,27,33-35H,6-7,17-18,31H2,1-5H3. The van der Waals surface area contributed by atoms with E-state index in [-0.39, 0.29) is 18.1 Å². The monoisotopic (exact) mass is 542 g/mol. The molecule has 2 aromatic carbocycles. The number of hydrogen-bond acceptors (Lipinski definition) is 7. The van der Waals surface area contributed by atoms with Crippen LogP contribution in [0.1, 0.15) is 69.8 Å². The fourth-order valence-corrected chi connectivity index (χ4v) is 4.68. The molecule has 3 aromatic rings. The van der Waals surface area contributed by atoms with Crippen LogP contribution < -0.4 is 20.6 Å². The zero-order chi connectivity index (χ0) is 27.0. The summed E-state index contributed by atoms with van der Waals surface area (Å²) in [6.45, 7) is 11.4. The lowest BCUT2D eigenvalue weighted by Crippen LogP contribution is -2.30. The summed E-state index contributed by atoms with van der Waals surface area (Å²) in [6, 6.07) is 15.3. The van der Waals surface area contributed by atoms with Gasteiger partial charge in [0.2, 0.25) is 0 Å². The summed E-state index contributed by atoms with van der Waals surface area (Å²) < 4.78 is 5.58. The van der Waals surface area contributed by atoms with E-state index in [0.717, 1.165) is 40.6 Å². The zero-order valence-electron chi connectivity index (χ0n) is 22.3. The summed E-state index contributed by atoms with van der Waals surface area (Å²) >= 11 is 7.66. The fourth-order valence-electron chi connectivity index (χ4n) is 4.15. The second-order valence-corrected chi connectivity index (χ2v) is 11.3. The number of hydrogen-bond donors (Lipinski definition) is 4.